The zero-order chi connectivity index (χ0) is 14.5. The fourth-order valence-electron chi connectivity index (χ4n) is 2.27. The van der Waals surface area contributed by atoms with Crippen LogP contribution in [0.4, 0.5) is 0 Å². The first-order chi connectivity index (χ1) is 9.71. The largest absolute Gasteiger partial charge is 0.307 e. The summed E-state index contributed by atoms with van der Waals surface area (Å²) in [6.07, 6.45) is 1.85. The van der Waals surface area contributed by atoms with Crippen LogP contribution in [0, 0.1) is 11.3 Å². The summed E-state index contributed by atoms with van der Waals surface area (Å²) in [7, 11) is 0. The third-order valence-corrected chi connectivity index (χ3v) is 3.40. The van der Waals surface area contributed by atoms with E-state index < -0.39 is 0 Å². The number of aromatic nitrogens is 1. The first-order valence-corrected chi connectivity index (χ1v) is 6.94. The maximum absolute atomic E-state index is 12.2. The van der Waals surface area contributed by atoms with Crippen molar-refractivity contribution in [3.05, 3.63) is 57.9 Å². The molecule has 0 saturated heterocycles. The number of nitrogens with zero attached hydrogens (tertiary/aromatic N) is 2. The highest BCUT2D eigenvalue weighted by Crippen LogP contribution is 2.19. The molecule has 0 N–H and O–H groups in total. The molecule has 0 aliphatic rings. The molecule has 0 spiro atoms. The summed E-state index contributed by atoms with van der Waals surface area (Å²) >= 11 is 0. The van der Waals surface area contributed by atoms with E-state index in [-0.39, 0.29) is 11.1 Å². The minimum atomic E-state index is -0.202. The Morgan fingerprint density at radius 2 is 1.80 bits per heavy atom. The SMILES string of the molecule is CCCn1c(-c2ccc(CC)cc2)ccc(C#N)c1=O. The molecule has 0 unspecified atom stereocenters. The molecule has 0 aliphatic carbocycles. The van der Waals surface area contributed by atoms with Crippen molar-refractivity contribution in [1.29, 1.82) is 5.26 Å². The van der Waals surface area contributed by atoms with Crippen molar-refractivity contribution in [2.24, 2.45) is 0 Å². The first kappa shape index (κ1) is 14.1. The zero-order valence-electron chi connectivity index (χ0n) is 11.9. The van der Waals surface area contributed by atoms with Crippen LogP contribution in [-0.2, 0) is 13.0 Å². The standard InChI is InChI=1S/C17H18N2O/c1-3-11-19-16(10-9-15(12-18)17(19)20)14-7-5-13(4-2)6-8-14/h5-10H,3-4,11H2,1-2H3. The Morgan fingerprint density at radius 1 is 1.10 bits per heavy atom. The van der Waals surface area contributed by atoms with Crippen LogP contribution in [0.5, 0.6) is 0 Å². The molecule has 1 aromatic carbocycles. The average molecular weight is 266 g/mol. The minimum absolute atomic E-state index is 0.201. The summed E-state index contributed by atoms with van der Waals surface area (Å²) < 4.78 is 1.69. The third kappa shape index (κ3) is 2.65. The molecule has 0 amide bonds. The zero-order valence-corrected chi connectivity index (χ0v) is 11.9. The number of aryl methyl sites for hydroxylation is 1. The maximum atomic E-state index is 12.2. The lowest BCUT2D eigenvalue weighted by molar-refractivity contribution is 0.659. The van der Waals surface area contributed by atoms with Crippen LogP contribution < -0.4 is 5.56 Å². The van der Waals surface area contributed by atoms with E-state index in [2.05, 4.69) is 19.1 Å². The van der Waals surface area contributed by atoms with Crippen molar-refractivity contribution in [1.82, 2.24) is 4.57 Å². The Bertz CT molecular complexity index is 690. The highest BCUT2D eigenvalue weighted by molar-refractivity contribution is 5.60. The highest BCUT2D eigenvalue weighted by atomic mass is 16.1. The van der Waals surface area contributed by atoms with Crippen molar-refractivity contribution in [3.63, 3.8) is 0 Å². The van der Waals surface area contributed by atoms with Crippen LogP contribution >= 0.6 is 0 Å². The van der Waals surface area contributed by atoms with Crippen LogP contribution in [0.1, 0.15) is 31.4 Å². The summed E-state index contributed by atoms with van der Waals surface area (Å²) in [5.41, 5.74) is 3.15. The van der Waals surface area contributed by atoms with Crippen molar-refractivity contribution < 1.29 is 0 Å². The second-order valence-corrected chi connectivity index (χ2v) is 4.75. The molecule has 0 fully saturated rings. The van der Waals surface area contributed by atoms with Gasteiger partial charge in [-0.1, -0.05) is 38.1 Å². The molecule has 2 rings (SSSR count). The van der Waals surface area contributed by atoms with Crippen LogP contribution in [0.3, 0.4) is 0 Å². The van der Waals surface area contributed by atoms with E-state index in [4.69, 9.17) is 5.26 Å². The summed E-state index contributed by atoms with van der Waals surface area (Å²) in [4.78, 5) is 12.2. The van der Waals surface area contributed by atoms with Gasteiger partial charge >= 0.3 is 0 Å². The number of pyridine rings is 1. The average Bonchev–Trinajstić information content (AvgIpc) is 2.49. The Morgan fingerprint density at radius 3 is 2.35 bits per heavy atom. The van der Waals surface area contributed by atoms with Gasteiger partial charge in [-0.3, -0.25) is 4.79 Å². The quantitative estimate of drug-likeness (QED) is 0.851. The van der Waals surface area contributed by atoms with E-state index in [1.54, 1.807) is 10.6 Å². The number of hydrogen-bond donors (Lipinski definition) is 0. The fourth-order valence-corrected chi connectivity index (χ4v) is 2.27. The van der Waals surface area contributed by atoms with Gasteiger partial charge < -0.3 is 4.57 Å². The van der Waals surface area contributed by atoms with Crippen molar-refractivity contribution >= 4 is 0 Å². The number of nitriles is 1. The number of benzene rings is 1. The van der Waals surface area contributed by atoms with Gasteiger partial charge in [0.2, 0.25) is 0 Å². The summed E-state index contributed by atoms with van der Waals surface area (Å²) in [6, 6.07) is 13.6. The van der Waals surface area contributed by atoms with Gasteiger partial charge in [-0.05, 0) is 36.1 Å². The smallest absolute Gasteiger partial charge is 0.268 e. The summed E-state index contributed by atoms with van der Waals surface area (Å²) in [5.74, 6) is 0. The molecule has 20 heavy (non-hydrogen) atoms. The molecule has 1 aromatic heterocycles. The van der Waals surface area contributed by atoms with E-state index in [0.717, 1.165) is 24.1 Å². The highest BCUT2D eigenvalue weighted by Gasteiger charge is 2.09. The van der Waals surface area contributed by atoms with E-state index in [1.165, 1.54) is 5.56 Å². The van der Waals surface area contributed by atoms with Gasteiger partial charge in [0.05, 0.1) is 5.69 Å². The van der Waals surface area contributed by atoms with E-state index in [9.17, 15) is 4.79 Å². The fraction of sp³-hybridized carbons (Fsp3) is 0.294. The normalized spacial score (nSPS) is 10.2. The number of hydrogen-bond acceptors (Lipinski definition) is 2. The molecule has 0 saturated carbocycles. The van der Waals surface area contributed by atoms with Crippen LogP contribution in [-0.4, -0.2) is 4.57 Å². The molecule has 0 radical (unpaired) electrons. The summed E-state index contributed by atoms with van der Waals surface area (Å²) in [5, 5.41) is 8.98. The molecule has 3 nitrogen and oxygen atoms in total. The van der Waals surface area contributed by atoms with Crippen molar-refractivity contribution in [2.45, 2.75) is 33.2 Å². The topological polar surface area (TPSA) is 45.8 Å². The number of rotatable bonds is 4. The molecular weight excluding hydrogens is 248 g/mol. The molecule has 3 heteroatoms. The molecule has 0 aliphatic heterocycles. The van der Waals surface area contributed by atoms with Gasteiger partial charge in [-0.25, -0.2) is 0 Å². The molecular formula is C17H18N2O. The van der Waals surface area contributed by atoms with E-state index in [0.29, 0.717) is 6.54 Å². The molecule has 0 bridgehead atoms. The second-order valence-electron chi connectivity index (χ2n) is 4.75. The van der Waals surface area contributed by atoms with Gasteiger partial charge in [-0.2, -0.15) is 5.26 Å². The van der Waals surface area contributed by atoms with Gasteiger partial charge in [0.25, 0.3) is 5.56 Å². The lowest BCUT2D eigenvalue weighted by atomic mass is 10.1. The monoisotopic (exact) mass is 266 g/mol. The van der Waals surface area contributed by atoms with Gasteiger partial charge in [0.15, 0.2) is 0 Å². The van der Waals surface area contributed by atoms with Crippen molar-refractivity contribution in [3.8, 4) is 17.3 Å². The van der Waals surface area contributed by atoms with Gasteiger partial charge in [0.1, 0.15) is 11.6 Å². The second kappa shape index (κ2) is 6.21. The molecule has 0 atom stereocenters. The predicted octanol–water partition coefficient (Wildman–Crippen LogP) is 3.36. The minimum Gasteiger partial charge on any atom is -0.307 e. The van der Waals surface area contributed by atoms with Crippen LogP contribution in [0.25, 0.3) is 11.3 Å². The molecule has 2 aromatic rings. The van der Waals surface area contributed by atoms with E-state index in [1.807, 2.05) is 31.2 Å². The van der Waals surface area contributed by atoms with Crippen LogP contribution in [0.2, 0.25) is 0 Å². The lowest BCUT2D eigenvalue weighted by Gasteiger charge is -2.13. The molecule has 1 heterocycles. The predicted molar refractivity (Wildman–Crippen MR) is 80.5 cm³/mol. The maximum Gasteiger partial charge on any atom is 0.268 e. The molecule has 102 valence electrons. The Kier molecular flexibility index (Phi) is 4.37. The Labute approximate surface area is 119 Å². The summed E-state index contributed by atoms with van der Waals surface area (Å²) in [6.45, 7) is 4.76. The van der Waals surface area contributed by atoms with Gasteiger partial charge in [-0.15, -0.1) is 0 Å². The van der Waals surface area contributed by atoms with Crippen molar-refractivity contribution in [2.75, 3.05) is 0 Å². The first-order valence-electron chi connectivity index (χ1n) is 6.94. The van der Waals surface area contributed by atoms with Gasteiger partial charge in [0, 0.05) is 6.54 Å². The van der Waals surface area contributed by atoms with E-state index >= 15 is 0 Å². The van der Waals surface area contributed by atoms with Crippen LogP contribution in [0.15, 0.2) is 41.2 Å². The lowest BCUT2D eigenvalue weighted by Crippen LogP contribution is -2.23. The Balaban J connectivity index is 2.58. The Hall–Kier alpha value is -2.34. The third-order valence-electron chi connectivity index (χ3n) is 3.40.